The van der Waals surface area contributed by atoms with Gasteiger partial charge in [0, 0.05) is 37.6 Å². The number of aliphatic hydroxyl groups is 1. The quantitative estimate of drug-likeness (QED) is 0.839. The maximum atomic E-state index is 12.7. The van der Waals surface area contributed by atoms with E-state index in [4.69, 9.17) is 0 Å². The summed E-state index contributed by atoms with van der Waals surface area (Å²) < 4.78 is 0. The third kappa shape index (κ3) is 2.95. The zero-order valence-corrected chi connectivity index (χ0v) is 16.0. The van der Waals surface area contributed by atoms with Crippen molar-refractivity contribution in [3.63, 3.8) is 0 Å². The van der Waals surface area contributed by atoms with Crippen molar-refractivity contribution >= 4 is 6.03 Å². The van der Waals surface area contributed by atoms with Gasteiger partial charge >= 0.3 is 6.03 Å². The summed E-state index contributed by atoms with van der Waals surface area (Å²) in [5.41, 5.74) is 1.32. The van der Waals surface area contributed by atoms with Crippen LogP contribution in [0.25, 0.3) is 0 Å². The number of rotatable bonds is 5. The Morgan fingerprint density at radius 1 is 1.11 bits per heavy atom. The van der Waals surface area contributed by atoms with Gasteiger partial charge in [-0.15, -0.1) is 0 Å². The number of carbonyl (C=O) groups is 1. The largest absolute Gasteiger partial charge is 0.395 e. The molecule has 2 heterocycles. The molecule has 146 valence electrons. The first kappa shape index (κ1) is 17.5. The van der Waals surface area contributed by atoms with E-state index in [1.807, 2.05) is 11.0 Å². The van der Waals surface area contributed by atoms with Gasteiger partial charge in [-0.1, -0.05) is 43.2 Å². The monoisotopic (exact) mass is 369 g/mol. The van der Waals surface area contributed by atoms with Crippen LogP contribution in [-0.4, -0.2) is 64.8 Å². The van der Waals surface area contributed by atoms with Crippen molar-refractivity contribution < 1.29 is 9.90 Å². The molecule has 1 aromatic carbocycles. The number of nitrogens with zero attached hydrogens (tertiary/aromatic N) is 2. The molecule has 5 rings (SSSR count). The molecule has 4 fully saturated rings. The third-order valence-electron chi connectivity index (χ3n) is 7.33. The Balaban J connectivity index is 1.32. The Bertz CT molecular complexity index is 678. The fraction of sp³-hybridized carbons (Fsp3) is 0.682. The minimum absolute atomic E-state index is 0.0182. The van der Waals surface area contributed by atoms with Crippen LogP contribution in [0.4, 0.5) is 4.79 Å². The summed E-state index contributed by atoms with van der Waals surface area (Å²) in [6.45, 7) is 2.84. The fourth-order valence-electron chi connectivity index (χ4n) is 5.73. The lowest BCUT2D eigenvalue weighted by molar-refractivity contribution is -0.179. The molecule has 0 bridgehead atoms. The van der Waals surface area contributed by atoms with E-state index in [2.05, 4.69) is 34.5 Å². The Labute approximate surface area is 161 Å². The molecular formula is C22H31N3O2. The number of benzene rings is 1. The SMILES string of the molecule is O=C(NC1CCCC1)N1CC2(C1)[C@@H](c1ccccc1)[C@@H](CO)N2CC1CC1. The lowest BCUT2D eigenvalue weighted by Gasteiger charge is -2.70. The highest BCUT2D eigenvalue weighted by atomic mass is 16.3. The molecule has 2 saturated carbocycles. The van der Waals surface area contributed by atoms with Crippen LogP contribution in [0.3, 0.4) is 0 Å². The number of hydrogen-bond acceptors (Lipinski definition) is 3. The molecule has 5 heteroatoms. The molecule has 27 heavy (non-hydrogen) atoms. The van der Waals surface area contributed by atoms with Gasteiger partial charge < -0.3 is 15.3 Å². The van der Waals surface area contributed by atoms with E-state index in [-0.39, 0.29) is 24.2 Å². The van der Waals surface area contributed by atoms with Crippen LogP contribution in [0, 0.1) is 5.92 Å². The van der Waals surface area contributed by atoms with Gasteiger partial charge in [-0.3, -0.25) is 4.90 Å². The van der Waals surface area contributed by atoms with Crippen molar-refractivity contribution in [2.75, 3.05) is 26.2 Å². The predicted molar refractivity (Wildman–Crippen MR) is 105 cm³/mol. The summed E-state index contributed by atoms with van der Waals surface area (Å²) in [5.74, 6) is 1.10. The number of amides is 2. The van der Waals surface area contributed by atoms with Crippen molar-refractivity contribution in [1.29, 1.82) is 0 Å². The first-order chi connectivity index (χ1) is 13.2. The zero-order valence-electron chi connectivity index (χ0n) is 16.0. The second kappa shape index (κ2) is 6.78. The number of nitrogens with one attached hydrogen (secondary N) is 1. The molecular weight excluding hydrogens is 338 g/mol. The molecule has 2 aliphatic heterocycles. The lowest BCUT2D eigenvalue weighted by Crippen LogP contribution is -2.85. The molecule has 2 N–H and O–H groups in total. The van der Waals surface area contributed by atoms with E-state index < -0.39 is 0 Å². The van der Waals surface area contributed by atoms with E-state index in [1.54, 1.807) is 0 Å². The molecule has 5 nitrogen and oxygen atoms in total. The highest BCUT2D eigenvalue weighted by Crippen LogP contribution is 2.55. The topological polar surface area (TPSA) is 55.8 Å². The maximum Gasteiger partial charge on any atom is 0.317 e. The van der Waals surface area contributed by atoms with E-state index in [1.165, 1.54) is 31.2 Å². The number of aliphatic hydroxyl groups excluding tert-OH is 1. The summed E-state index contributed by atoms with van der Waals surface area (Å²) >= 11 is 0. The first-order valence-electron chi connectivity index (χ1n) is 10.7. The highest BCUT2D eigenvalue weighted by molar-refractivity contribution is 5.76. The first-order valence-corrected chi connectivity index (χ1v) is 10.7. The summed E-state index contributed by atoms with van der Waals surface area (Å²) in [5, 5.41) is 13.3. The van der Waals surface area contributed by atoms with Crippen LogP contribution >= 0.6 is 0 Å². The smallest absolute Gasteiger partial charge is 0.317 e. The molecule has 2 atom stereocenters. The van der Waals surface area contributed by atoms with Crippen LogP contribution in [0.15, 0.2) is 30.3 Å². The van der Waals surface area contributed by atoms with Gasteiger partial charge in [0.25, 0.3) is 0 Å². The minimum Gasteiger partial charge on any atom is -0.395 e. The molecule has 2 saturated heterocycles. The molecule has 0 aromatic heterocycles. The van der Waals surface area contributed by atoms with Crippen LogP contribution in [0.5, 0.6) is 0 Å². The van der Waals surface area contributed by atoms with E-state index >= 15 is 0 Å². The van der Waals surface area contributed by atoms with Crippen molar-refractivity contribution in [2.24, 2.45) is 5.92 Å². The molecule has 0 radical (unpaired) electrons. The highest BCUT2D eigenvalue weighted by Gasteiger charge is 2.66. The zero-order chi connectivity index (χ0) is 18.4. The molecule has 2 amide bonds. The number of carbonyl (C=O) groups excluding carboxylic acids is 1. The Morgan fingerprint density at radius 3 is 2.44 bits per heavy atom. The van der Waals surface area contributed by atoms with E-state index in [0.29, 0.717) is 12.0 Å². The van der Waals surface area contributed by atoms with Gasteiger partial charge in [0.15, 0.2) is 0 Å². The normalized spacial score (nSPS) is 30.2. The summed E-state index contributed by atoms with van der Waals surface area (Å²) in [6.07, 6.45) is 7.34. The van der Waals surface area contributed by atoms with Crippen molar-refractivity contribution in [2.45, 2.75) is 62.1 Å². The van der Waals surface area contributed by atoms with Gasteiger partial charge in [0.05, 0.1) is 12.1 Å². The van der Waals surface area contributed by atoms with Gasteiger partial charge in [-0.05, 0) is 37.2 Å². The minimum atomic E-state index is 0.0182. The van der Waals surface area contributed by atoms with Crippen LogP contribution in [0.1, 0.15) is 50.0 Å². The second-order valence-electron chi connectivity index (χ2n) is 9.12. The van der Waals surface area contributed by atoms with Crippen molar-refractivity contribution in [3.8, 4) is 0 Å². The van der Waals surface area contributed by atoms with Gasteiger partial charge in [-0.2, -0.15) is 0 Å². The van der Waals surface area contributed by atoms with Crippen molar-refractivity contribution in [1.82, 2.24) is 15.1 Å². The average Bonchev–Trinajstić information content (AvgIpc) is 3.32. The Hall–Kier alpha value is -1.59. The van der Waals surface area contributed by atoms with Gasteiger partial charge in [0.1, 0.15) is 0 Å². The summed E-state index contributed by atoms with van der Waals surface area (Å²) in [6, 6.07) is 11.3. The number of urea groups is 1. The standard InChI is InChI=1S/C22H31N3O2/c26-13-19-20(17-6-2-1-3-7-17)22(25(19)12-16-10-11-16)14-24(15-22)21(27)23-18-8-4-5-9-18/h1-3,6-7,16,18-20,26H,4-5,8-15H2,(H,23,27)/t19-,20+/m1/s1. The van der Waals surface area contributed by atoms with Crippen molar-refractivity contribution in [3.05, 3.63) is 35.9 Å². The van der Waals surface area contributed by atoms with Crippen LogP contribution in [-0.2, 0) is 0 Å². The van der Waals surface area contributed by atoms with E-state index in [0.717, 1.165) is 38.4 Å². The molecule has 1 aromatic rings. The third-order valence-corrected chi connectivity index (χ3v) is 7.33. The van der Waals surface area contributed by atoms with Gasteiger partial charge in [-0.25, -0.2) is 4.79 Å². The number of likely N-dealkylation sites (tertiary alicyclic amines) is 2. The molecule has 2 aliphatic carbocycles. The average molecular weight is 370 g/mol. The Kier molecular flexibility index (Phi) is 4.40. The molecule has 0 unspecified atom stereocenters. The van der Waals surface area contributed by atoms with Crippen LogP contribution in [0.2, 0.25) is 0 Å². The van der Waals surface area contributed by atoms with Gasteiger partial charge in [0.2, 0.25) is 0 Å². The lowest BCUT2D eigenvalue weighted by atomic mass is 9.60. The summed E-state index contributed by atoms with van der Waals surface area (Å²) in [4.78, 5) is 17.2. The Morgan fingerprint density at radius 2 is 1.81 bits per heavy atom. The maximum absolute atomic E-state index is 12.7. The molecule has 1 spiro atoms. The summed E-state index contributed by atoms with van der Waals surface area (Å²) in [7, 11) is 0. The fourth-order valence-corrected chi connectivity index (χ4v) is 5.73. The second-order valence-corrected chi connectivity index (χ2v) is 9.12. The number of hydrogen-bond donors (Lipinski definition) is 2. The van der Waals surface area contributed by atoms with Crippen LogP contribution < -0.4 is 5.32 Å². The predicted octanol–water partition coefficient (Wildman–Crippen LogP) is 2.56. The molecule has 4 aliphatic rings. The van der Waals surface area contributed by atoms with E-state index in [9.17, 15) is 9.90 Å².